The summed E-state index contributed by atoms with van der Waals surface area (Å²) in [5, 5.41) is 0. The first kappa shape index (κ1) is 25.6. The van der Waals surface area contributed by atoms with Gasteiger partial charge in [-0.3, -0.25) is 9.12 Å². The number of ether oxygens (including phenoxy) is 1. The fraction of sp³-hybridized carbons (Fsp3) is 0.455. The highest BCUT2D eigenvalue weighted by Gasteiger charge is 2.43. The molecule has 2 rings (SSSR count). The summed E-state index contributed by atoms with van der Waals surface area (Å²) in [6.45, 7) is 3.81. The molecule has 0 spiro atoms. The lowest BCUT2D eigenvalue weighted by atomic mass is 10.1. The Labute approximate surface area is 185 Å². The van der Waals surface area contributed by atoms with E-state index >= 15 is 0 Å². The third-order valence-corrected chi connectivity index (χ3v) is 9.35. The van der Waals surface area contributed by atoms with Gasteiger partial charge in [-0.1, -0.05) is 42.5 Å². The highest BCUT2D eigenvalue weighted by atomic mass is 32.2. The lowest BCUT2D eigenvalue weighted by Gasteiger charge is -2.24. The van der Waals surface area contributed by atoms with E-state index in [1.54, 1.807) is 13.8 Å². The Balaban J connectivity index is 1.88. The second kappa shape index (κ2) is 12.4. The summed E-state index contributed by atoms with van der Waals surface area (Å²) in [5.41, 5.74) is 2.19. The molecule has 0 radical (unpaired) electrons. The molecule has 2 aromatic rings. The van der Waals surface area contributed by atoms with E-state index in [2.05, 4.69) is 12.1 Å². The minimum absolute atomic E-state index is 0.0228. The first-order valence-electron chi connectivity index (χ1n) is 10.4. The molecule has 0 aliphatic carbocycles. The molecule has 0 bridgehead atoms. The van der Waals surface area contributed by atoms with Crippen LogP contribution < -0.4 is 4.74 Å². The Morgan fingerprint density at radius 3 is 2.03 bits per heavy atom. The predicted octanol–water partition coefficient (Wildman–Crippen LogP) is 5.11. The quantitative estimate of drug-likeness (QED) is 0.302. The lowest BCUT2D eigenvalue weighted by Crippen LogP contribution is -2.23. The van der Waals surface area contributed by atoms with Crippen molar-refractivity contribution in [1.29, 1.82) is 0 Å². The van der Waals surface area contributed by atoms with E-state index in [1.807, 2.05) is 42.5 Å². The summed E-state index contributed by atoms with van der Waals surface area (Å²) >= 11 is 0. The van der Waals surface area contributed by atoms with E-state index in [9.17, 15) is 17.5 Å². The predicted molar refractivity (Wildman–Crippen MR) is 121 cm³/mol. The van der Waals surface area contributed by atoms with Crippen LogP contribution in [-0.4, -0.2) is 37.8 Å². The molecular weight excluding hydrogens is 439 g/mol. The Kier molecular flexibility index (Phi) is 10.2. The SMILES string of the molecule is CCOP(=O)(OCC)C(CCCc1ccc(OCCc2ccccc2)cc1)S(=O)(=O)O. The summed E-state index contributed by atoms with van der Waals surface area (Å²) in [4.78, 5) is -1.60. The van der Waals surface area contributed by atoms with Gasteiger partial charge in [0.25, 0.3) is 10.1 Å². The van der Waals surface area contributed by atoms with Crippen LogP contribution >= 0.6 is 7.60 Å². The number of aryl methyl sites for hydroxylation is 1. The fourth-order valence-corrected chi connectivity index (χ4v) is 6.96. The van der Waals surface area contributed by atoms with Gasteiger partial charge < -0.3 is 13.8 Å². The van der Waals surface area contributed by atoms with Gasteiger partial charge in [-0.05, 0) is 56.4 Å². The molecule has 172 valence electrons. The average Bonchev–Trinajstić information content (AvgIpc) is 2.72. The molecular formula is C22H31O7PS. The molecule has 1 atom stereocenters. The third-order valence-electron chi connectivity index (χ3n) is 4.66. The van der Waals surface area contributed by atoms with Crippen molar-refractivity contribution in [1.82, 2.24) is 0 Å². The molecule has 0 amide bonds. The summed E-state index contributed by atoms with van der Waals surface area (Å²) in [6.07, 6.45) is 1.72. The van der Waals surface area contributed by atoms with Crippen molar-refractivity contribution in [2.24, 2.45) is 0 Å². The zero-order valence-corrected chi connectivity index (χ0v) is 19.7. The molecule has 9 heteroatoms. The highest BCUT2D eigenvalue weighted by molar-refractivity contribution is 7.94. The van der Waals surface area contributed by atoms with Crippen LogP contribution in [0.4, 0.5) is 0 Å². The molecule has 1 unspecified atom stereocenters. The van der Waals surface area contributed by atoms with Crippen molar-refractivity contribution in [3.05, 3.63) is 65.7 Å². The van der Waals surface area contributed by atoms with Crippen LogP contribution in [0.5, 0.6) is 5.75 Å². The zero-order valence-electron chi connectivity index (χ0n) is 18.0. The monoisotopic (exact) mass is 470 g/mol. The number of hydrogen-bond acceptors (Lipinski definition) is 6. The maximum Gasteiger partial charge on any atom is 0.351 e. The van der Waals surface area contributed by atoms with Gasteiger partial charge in [0.05, 0.1) is 19.8 Å². The smallest absolute Gasteiger partial charge is 0.351 e. The summed E-state index contributed by atoms with van der Waals surface area (Å²) < 4.78 is 62.1. The van der Waals surface area contributed by atoms with E-state index in [0.717, 1.165) is 17.7 Å². The van der Waals surface area contributed by atoms with Crippen molar-refractivity contribution in [3.63, 3.8) is 0 Å². The van der Waals surface area contributed by atoms with Crippen LogP contribution in [0.3, 0.4) is 0 Å². The van der Waals surface area contributed by atoms with E-state index in [4.69, 9.17) is 13.8 Å². The third kappa shape index (κ3) is 8.39. The van der Waals surface area contributed by atoms with Crippen molar-refractivity contribution < 1.29 is 31.3 Å². The van der Waals surface area contributed by atoms with Crippen LogP contribution in [0.1, 0.15) is 37.8 Å². The van der Waals surface area contributed by atoms with E-state index in [1.165, 1.54) is 5.56 Å². The minimum atomic E-state index is -4.59. The van der Waals surface area contributed by atoms with Gasteiger partial charge in [0.2, 0.25) is 0 Å². The molecule has 31 heavy (non-hydrogen) atoms. The maximum atomic E-state index is 12.8. The highest BCUT2D eigenvalue weighted by Crippen LogP contribution is 2.56. The zero-order chi connectivity index (χ0) is 22.7. The van der Waals surface area contributed by atoms with Gasteiger partial charge in [-0.25, -0.2) is 0 Å². The summed E-state index contributed by atoms with van der Waals surface area (Å²) in [6, 6.07) is 17.6. The molecule has 0 aromatic heterocycles. The van der Waals surface area contributed by atoms with Gasteiger partial charge in [-0.2, -0.15) is 8.42 Å². The first-order valence-corrected chi connectivity index (χ1v) is 13.5. The van der Waals surface area contributed by atoms with Crippen molar-refractivity contribution in [2.45, 2.75) is 44.5 Å². The normalized spacial score (nSPS) is 13.1. The van der Waals surface area contributed by atoms with E-state index in [-0.39, 0.29) is 19.6 Å². The topological polar surface area (TPSA) is 99.1 Å². The maximum absolute atomic E-state index is 12.8. The average molecular weight is 471 g/mol. The lowest BCUT2D eigenvalue weighted by molar-refractivity contribution is 0.215. The van der Waals surface area contributed by atoms with Crippen molar-refractivity contribution >= 4 is 17.7 Å². The largest absolute Gasteiger partial charge is 0.493 e. The standard InChI is InChI=1S/C22H31O7PS/c1-3-28-30(23,29-4-2)22(31(24,25)26)12-8-11-20-13-15-21(16-14-20)27-18-17-19-9-6-5-7-10-19/h5-7,9-10,13-16,22H,3-4,8,11-12,17-18H2,1-2H3,(H,24,25,26). The molecule has 0 saturated heterocycles. The minimum Gasteiger partial charge on any atom is -0.493 e. The van der Waals surface area contributed by atoms with Crippen LogP contribution in [0.2, 0.25) is 0 Å². The molecule has 2 aromatic carbocycles. The molecule has 0 fully saturated rings. The Morgan fingerprint density at radius 2 is 1.48 bits per heavy atom. The van der Waals surface area contributed by atoms with Gasteiger partial charge in [-0.15, -0.1) is 0 Å². The van der Waals surface area contributed by atoms with E-state index < -0.39 is 22.7 Å². The first-order chi connectivity index (χ1) is 14.8. The molecule has 1 N–H and O–H groups in total. The second-order valence-corrected chi connectivity index (χ2v) is 11.1. The van der Waals surface area contributed by atoms with Crippen LogP contribution in [0.25, 0.3) is 0 Å². The summed E-state index contributed by atoms with van der Waals surface area (Å²) in [5.74, 6) is 0.757. The van der Waals surface area contributed by atoms with Gasteiger partial charge in [0.1, 0.15) is 5.75 Å². The van der Waals surface area contributed by atoms with Crippen molar-refractivity contribution in [3.8, 4) is 5.75 Å². The molecule has 0 saturated carbocycles. The summed E-state index contributed by atoms with van der Waals surface area (Å²) in [7, 11) is -8.57. The van der Waals surface area contributed by atoms with E-state index in [0.29, 0.717) is 19.4 Å². The van der Waals surface area contributed by atoms with Gasteiger partial charge in [0.15, 0.2) is 4.99 Å². The number of rotatable bonds is 14. The van der Waals surface area contributed by atoms with Crippen LogP contribution in [0.15, 0.2) is 54.6 Å². The Morgan fingerprint density at radius 1 is 0.903 bits per heavy atom. The fourth-order valence-electron chi connectivity index (χ4n) is 3.20. The number of hydrogen-bond donors (Lipinski definition) is 1. The molecule has 0 aliphatic rings. The molecule has 7 nitrogen and oxygen atoms in total. The van der Waals surface area contributed by atoms with Crippen molar-refractivity contribution in [2.75, 3.05) is 19.8 Å². The Hall–Kier alpha value is -1.70. The van der Waals surface area contributed by atoms with Crippen LogP contribution in [0, 0.1) is 0 Å². The van der Waals surface area contributed by atoms with Crippen LogP contribution in [-0.2, 0) is 36.6 Å². The molecule has 0 heterocycles. The van der Waals surface area contributed by atoms with Gasteiger partial charge in [0, 0.05) is 6.42 Å². The molecule has 0 aliphatic heterocycles. The Bertz CT molecular complexity index is 920. The second-order valence-electron chi connectivity index (χ2n) is 6.97. The van der Waals surface area contributed by atoms with Gasteiger partial charge >= 0.3 is 7.60 Å². The number of benzene rings is 2.